The van der Waals surface area contributed by atoms with Gasteiger partial charge in [-0.15, -0.1) is 0 Å². The summed E-state index contributed by atoms with van der Waals surface area (Å²) in [5.41, 5.74) is 4.65. The number of rotatable bonds is 4. The largest absolute Gasteiger partial charge is 0.479 e. The van der Waals surface area contributed by atoms with Gasteiger partial charge in [-0.3, -0.25) is 9.48 Å². The van der Waals surface area contributed by atoms with E-state index in [0.29, 0.717) is 5.69 Å². The van der Waals surface area contributed by atoms with Crippen molar-refractivity contribution in [1.29, 1.82) is 0 Å². The molecule has 0 aromatic carbocycles. The number of hydrogen-bond acceptors (Lipinski definition) is 6. The number of amides is 1. The number of anilines is 2. The number of carboxylic acid groups (broad SMARTS) is 1. The quantitative estimate of drug-likeness (QED) is 0.737. The SMILES string of the molecule is CC(C)(C(=O)O)n1cc(NC(=O)c2nccnc2N)cn1. The first-order chi connectivity index (χ1) is 9.82. The van der Waals surface area contributed by atoms with E-state index in [1.165, 1.54) is 43.3 Å². The molecule has 21 heavy (non-hydrogen) atoms. The Morgan fingerprint density at radius 2 is 2.00 bits per heavy atom. The van der Waals surface area contributed by atoms with E-state index in [1.54, 1.807) is 0 Å². The average Bonchev–Trinajstić information content (AvgIpc) is 2.88. The highest BCUT2D eigenvalue weighted by atomic mass is 16.4. The molecule has 0 aliphatic heterocycles. The van der Waals surface area contributed by atoms with Crippen LogP contribution < -0.4 is 11.1 Å². The Balaban J connectivity index is 2.19. The van der Waals surface area contributed by atoms with Crippen LogP contribution in [0.4, 0.5) is 11.5 Å². The van der Waals surface area contributed by atoms with Gasteiger partial charge in [0.25, 0.3) is 5.91 Å². The van der Waals surface area contributed by atoms with Crippen LogP contribution in [0.1, 0.15) is 24.3 Å². The summed E-state index contributed by atoms with van der Waals surface area (Å²) in [4.78, 5) is 30.7. The lowest BCUT2D eigenvalue weighted by Crippen LogP contribution is -2.35. The smallest absolute Gasteiger partial charge is 0.331 e. The van der Waals surface area contributed by atoms with E-state index < -0.39 is 17.4 Å². The van der Waals surface area contributed by atoms with Gasteiger partial charge in [-0.2, -0.15) is 5.10 Å². The fourth-order valence-corrected chi connectivity index (χ4v) is 1.51. The van der Waals surface area contributed by atoms with Gasteiger partial charge in [-0.25, -0.2) is 14.8 Å². The van der Waals surface area contributed by atoms with Crippen LogP contribution in [0.2, 0.25) is 0 Å². The van der Waals surface area contributed by atoms with Crippen molar-refractivity contribution >= 4 is 23.4 Å². The molecule has 4 N–H and O–H groups in total. The number of nitrogens with two attached hydrogens (primary N) is 1. The van der Waals surface area contributed by atoms with E-state index in [0.717, 1.165) is 0 Å². The molecular weight excluding hydrogens is 276 g/mol. The molecule has 0 spiro atoms. The van der Waals surface area contributed by atoms with Crippen LogP contribution in [0.15, 0.2) is 24.8 Å². The molecule has 9 heteroatoms. The van der Waals surface area contributed by atoms with Crippen LogP contribution in [0.25, 0.3) is 0 Å². The van der Waals surface area contributed by atoms with Crippen LogP contribution in [-0.2, 0) is 10.3 Å². The van der Waals surface area contributed by atoms with E-state index in [-0.39, 0.29) is 11.5 Å². The lowest BCUT2D eigenvalue weighted by molar-refractivity contribution is -0.146. The normalized spacial score (nSPS) is 11.1. The second-order valence-electron chi connectivity index (χ2n) is 4.78. The van der Waals surface area contributed by atoms with Crippen molar-refractivity contribution in [3.05, 3.63) is 30.5 Å². The number of nitrogen functional groups attached to an aromatic ring is 1. The van der Waals surface area contributed by atoms with Gasteiger partial charge in [0, 0.05) is 18.6 Å². The van der Waals surface area contributed by atoms with Crippen molar-refractivity contribution in [2.75, 3.05) is 11.1 Å². The molecule has 9 nitrogen and oxygen atoms in total. The minimum atomic E-state index is -1.23. The van der Waals surface area contributed by atoms with Gasteiger partial charge in [0.05, 0.1) is 11.9 Å². The molecule has 0 saturated carbocycles. The van der Waals surface area contributed by atoms with Gasteiger partial charge in [0.2, 0.25) is 0 Å². The van der Waals surface area contributed by atoms with E-state index in [1.807, 2.05) is 0 Å². The molecular formula is C12H14N6O3. The number of carbonyl (C=O) groups is 2. The van der Waals surface area contributed by atoms with Gasteiger partial charge in [0.1, 0.15) is 0 Å². The summed E-state index contributed by atoms with van der Waals surface area (Å²) in [5, 5.41) is 15.6. The summed E-state index contributed by atoms with van der Waals surface area (Å²) < 4.78 is 1.24. The predicted molar refractivity (Wildman–Crippen MR) is 73.6 cm³/mol. The average molecular weight is 290 g/mol. The number of hydrogen-bond donors (Lipinski definition) is 3. The standard InChI is InChI=1S/C12H14N6O3/c1-12(2,11(20)21)18-6-7(5-16-18)17-10(19)8-9(13)15-4-3-14-8/h3-6H,1-2H3,(H2,13,15)(H,17,19)(H,20,21). The van der Waals surface area contributed by atoms with E-state index in [9.17, 15) is 9.59 Å². The van der Waals surface area contributed by atoms with Gasteiger partial charge in [-0.1, -0.05) is 0 Å². The van der Waals surface area contributed by atoms with Crippen LogP contribution in [0.5, 0.6) is 0 Å². The summed E-state index contributed by atoms with van der Waals surface area (Å²) in [6.07, 6.45) is 5.48. The first-order valence-electron chi connectivity index (χ1n) is 5.98. The first kappa shape index (κ1) is 14.4. The molecule has 1 amide bonds. The summed E-state index contributed by atoms with van der Waals surface area (Å²) >= 11 is 0. The molecule has 0 radical (unpaired) electrons. The minimum absolute atomic E-state index is 0.00765. The van der Waals surface area contributed by atoms with Crippen molar-refractivity contribution in [3.8, 4) is 0 Å². The van der Waals surface area contributed by atoms with Crippen molar-refractivity contribution < 1.29 is 14.7 Å². The Bertz CT molecular complexity index is 694. The maximum absolute atomic E-state index is 12.0. The topological polar surface area (TPSA) is 136 Å². The molecule has 0 atom stereocenters. The van der Waals surface area contributed by atoms with E-state index in [2.05, 4.69) is 20.4 Å². The van der Waals surface area contributed by atoms with Crippen molar-refractivity contribution in [1.82, 2.24) is 19.7 Å². The monoisotopic (exact) mass is 290 g/mol. The lowest BCUT2D eigenvalue weighted by Gasteiger charge is -2.19. The molecule has 0 fully saturated rings. The highest BCUT2D eigenvalue weighted by Gasteiger charge is 2.30. The maximum atomic E-state index is 12.0. The zero-order valence-electron chi connectivity index (χ0n) is 11.4. The van der Waals surface area contributed by atoms with Crippen molar-refractivity contribution in [3.63, 3.8) is 0 Å². The molecule has 0 aliphatic carbocycles. The third kappa shape index (κ3) is 2.81. The zero-order chi connectivity index (χ0) is 15.6. The number of aromatic nitrogens is 4. The van der Waals surface area contributed by atoms with E-state index in [4.69, 9.17) is 10.8 Å². The molecule has 0 saturated heterocycles. The highest BCUT2D eigenvalue weighted by molar-refractivity contribution is 6.05. The number of carbonyl (C=O) groups excluding carboxylic acids is 1. The second kappa shape index (κ2) is 5.19. The Hall–Kier alpha value is -2.97. The molecule has 2 aromatic rings. The fourth-order valence-electron chi connectivity index (χ4n) is 1.51. The van der Waals surface area contributed by atoms with Gasteiger partial charge < -0.3 is 16.2 Å². The van der Waals surface area contributed by atoms with E-state index >= 15 is 0 Å². The van der Waals surface area contributed by atoms with Crippen molar-refractivity contribution in [2.24, 2.45) is 0 Å². The summed E-state index contributed by atoms with van der Waals surface area (Å²) in [5.74, 6) is -1.58. The van der Waals surface area contributed by atoms with Gasteiger partial charge >= 0.3 is 5.97 Å². The van der Waals surface area contributed by atoms with Crippen molar-refractivity contribution in [2.45, 2.75) is 19.4 Å². The zero-order valence-corrected chi connectivity index (χ0v) is 11.4. The molecule has 0 bridgehead atoms. The minimum Gasteiger partial charge on any atom is -0.479 e. The Morgan fingerprint density at radius 1 is 1.33 bits per heavy atom. The number of nitrogens with one attached hydrogen (secondary N) is 1. The molecule has 2 rings (SSSR count). The first-order valence-corrected chi connectivity index (χ1v) is 5.98. The third-order valence-corrected chi connectivity index (χ3v) is 2.88. The molecule has 110 valence electrons. The second-order valence-corrected chi connectivity index (χ2v) is 4.78. The van der Waals surface area contributed by atoms with Crippen LogP contribution in [-0.4, -0.2) is 36.7 Å². The van der Waals surface area contributed by atoms with Gasteiger partial charge in [-0.05, 0) is 13.8 Å². The van der Waals surface area contributed by atoms with Crippen LogP contribution in [0, 0.1) is 0 Å². The van der Waals surface area contributed by atoms with Crippen LogP contribution in [0.3, 0.4) is 0 Å². The Kier molecular flexibility index (Phi) is 3.57. The maximum Gasteiger partial charge on any atom is 0.331 e. The molecule has 0 aliphatic rings. The van der Waals surface area contributed by atoms with Crippen LogP contribution >= 0.6 is 0 Å². The number of carboxylic acids is 1. The summed E-state index contributed by atoms with van der Waals surface area (Å²) in [7, 11) is 0. The lowest BCUT2D eigenvalue weighted by atomic mass is 10.1. The number of aliphatic carboxylic acids is 1. The Morgan fingerprint density at radius 3 is 2.62 bits per heavy atom. The summed E-state index contributed by atoms with van der Waals surface area (Å²) in [6, 6.07) is 0. The Labute approximate surface area is 119 Å². The van der Waals surface area contributed by atoms with Gasteiger partial charge in [0.15, 0.2) is 17.1 Å². The predicted octanol–water partition coefficient (Wildman–Crippen LogP) is 0.327. The molecule has 2 aromatic heterocycles. The molecule has 2 heterocycles. The third-order valence-electron chi connectivity index (χ3n) is 2.88. The molecule has 0 unspecified atom stereocenters. The fraction of sp³-hybridized carbons (Fsp3) is 0.250. The highest BCUT2D eigenvalue weighted by Crippen LogP contribution is 2.18. The summed E-state index contributed by atoms with van der Waals surface area (Å²) in [6.45, 7) is 2.99. The number of nitrogens with zero attached hydrogens (tertiary/aromatic N) is 4.